The second-order valence-electron chi connectivity index (χ2n) is 4.67. The normalized spacial score (nSPS) is 18.2. The van der Waals surface area contributed by atoms with Crippen molar-refractivity contribution in [3.05, 3.63) is 34.3 Å². The van der Waals surface area contributed by atoms with Gasteiger partial charge < -0.3 is 5.73 Å². The third kappa shape index (κ3) is 3.13. The van der Waals surface area contributed by atoms with Gasteiger partial charge in [0.25, 0.3) is 0 Å². The van der Waals surface area contributed by atoms with E-state index in [2.05, 4.69) is 0 Å². The zero-order chi connectivity index (χ0) is 12.7. The van der Waals surface area contributed by atoms with Crippen LogP contribution in [0.5, 0.6) is 0 Å². The van der Waals surface area contributed by atoms with Gasteiger partial charge in [-0.25, -0.2) is 0 Å². The van der Waals surface area contributed by atoms with Gasteiger partial charge in [-0.2, -0.15) is 13.2 Å². The summed E-state index contributed by atoms with van der Waals surface area (Å²) >= 11 is 5.89. The third-order valence-electron chi connectivity index (χ3n) is 3.16. The van der Waals surface area contributed by atoms with E-state index in [1.807, 2.05) is 0 Å². The number of hydrogen-bond donors (Lipinski definition) is 1. The van der Waals surface area contributed by atoms with Gasteiger partial charge >= 0.3 is 6.18 Å². The van der Waals surface area contributed by atoms with Crippen molar-refractivity contribution in [3.8, 4) is 0 Å². The molecule has 0 radical (unpaired) electrons. The fourth-order valence-electron chi connectivity index (χ4n) is 1.74. The van der Waals surface area contributed by atoms with Crippen LogP contribution in [0.1, 0.15) is 30.4 Å². The van der Waals surface area contributed by atoms with Crippen LogP contribution in [-0.2, 0) is 12.6 Å². The largest absolute Gasteiger partial charge is 0.416 e. The summed E-state index contributed by atoms with van der Waals surface area (Å²) in [5, 5.41) is 0.377. The van der Waals surface area contributed by atoms with Crippen molar-refractivity contribution in [1.29, 1.82) is 0 Å². The van der Waals surface area contributed by atoms with E-state index < -0.39 is 11.7 Å². The Morgan fingerprint density at radius 3 is 2.47 bits per heavy atom. The first-order valence-electron chi connectivity index (χ1n) is 5.45. The SMILES string of the molecule is NC1(CCc2cc(C(F)(F)F)ccc2Cl)CC1. The van der Waals surface area contributed by atoms with E-state index in [1.54, 1.807) is 0 Å². The number of hydrogen-bond acceptors (Lipinski definition) is 1. The molecule has 1 aliphatic carbocycles. The molecule has 0 aliphatic heterocycles. The van der Waals surface area contributed by atoms with E-state index >= 15 is 0 Å². The lowest BCUT2D eigenvalue weighted by Gasteiger charge is -2.12. The Bertz CT molecular complexity index is 424. The molecule has 0 spiro atoms. The van der Waals surface area contributed by atoms with E-state index in [1.165, 1.54) is 6.07 Å². The summed E-state index contributed by atoms with van der Waals surface area (Å²) in [6, 6.07) is 3.42. The molecule has 0 saturated heterocycles. The average molecular weight is 264 g/mol. The van der Waals surface area contributed by atoms with Crippen LogP contribution in [-0.4, -0.2) is 5.54 Å². The van der Waals surface area contributed by atoms with Crippen molar-refractivity contribution < 1.29 is 13.2 Å². The fraction of sp³-hybridized carbons (Fsp3) is 0.500. The molecule has 0 unspecified atom stereocenters. The number of benzene rings is 1. The van der Waals surface area contributed by atoms with E-state index in [9.17, 15) is 13.2 Å². The summed E-state index contributed by atoms with van der Waals surface area (Å²) in [5.74, 6) is 0. The lowest BCUT2D eigenvalue weighted by molar-refractivity contribution is -0.137. The lowest BCUT2D eigenvalue weighted by atomic mass is 10.0. The van der Waals surface area contributed by atoms with Crippen LogP contribution in [0.2, 0.25) is 5.02 Å². The Labute approximate surface area is 103 Å². The van der Waals surface area contributed by atoms with Gasteiger partial charge in [-0.3, -0.25) is 0 Å². The van der Waals surface area contributed by atoms with Crippen LogP contribution in [0.15, 0.2) is 18.2 Å². The zero-order valence-corrected chi connectivity index (χ0v) is 9.91. The molecule has 0 atom stereocenters. The summed E-state index contributed by atoms with van der Waals surface area (Å²) in [7, 11) is 0. The van der Waals surface area contributed by atoms with Crippen molar-refractivity contribution in [2.45, 2.75) is 37.4 Å². The summed E-state index contributed by atoms with van der Waals surface area (Å²) < 4.78 is 37.6. The fourth-order valence-corrected chi connectivity index (χ4v) is 1.95. The number of alkyl halides is 3. The lowest BCUT2D eigenvalue weighted by Crippen LogP contribution is -2.22. The topological polar surface area (TPSA) is 26.0 Å². The van der Waals surface area contributed by atoms with Gasteiger partial charge in [0.1, 0.15) is 0 Å². The molecule has 94 valence electrons. The Morgan fingerprint density at radius 2 is 1.94 bits per heavy atom. The van der Waals surface area contributed by atoms with Crippen LogP contribution in [0.3, 0.4) is 0 Å². The summed E-state index contributed by atoms with van der Waals surface area (Å²) in [5.41, 5.74) is 5.61. The molecule has 0 bridgehead atoms. The number of nitrogens with two attached hydrogens (primary N) is 1. The molecule has 0 aromatic heterocycles. The van der Waals surface area contributed by atoms with Gasteiger partial charge in [0, 0.05) is 10.6 Å². The van der Waals surface area contributed by atoms with Gasteiger partial charge in [-0.1, -0.05) is 11.6 Å². The minimum absolute atomic E-state index is 0.169. The molecule has 0 heterocycles. The Hall–Kier alpha value is -0.740. The predicted octanol–water partition coefficient (Wildman–Crippen LogP) is 3.78. The van der Waals surface area contributed by atoms with E-state index in [-0.39, 0.29) is 5.54 Å². The molecule has 1 saturated carbocycles. The van der Waals surface area contributed by atoms with Gasteiger partial charge in [-0.05, 0) is 49.4 Å². The first-order chi connectivity index (χ1) is 7.80. The summed E-state index contributed by atoms with van der Waals surface area (Å²) in [6.45, 7) is 0. The highest BCUT2D eigenvalue weighted by atomic mass is 35.5. The second-order valence-corrected chi connectivity index (χ2v) is 5.07. The molecule has 2 N–H and O–H groups in total. The molecule has 1 fully saturated rings. The first kappa shape index (κ1) is 12.7. The molecule has 1 aromatic rings. The van der Waals surface area contributed by atoms with Crippen molar-refractivity contribution in [3.63, 3.8) is 0 Å². The van der Waals surface area contributed by atoms with Gasteiger partial charge in [0.05, 0.1) is 5.56 Å². The molecule has 17 heavy (non-hydrogen) atoms. The Kier molecular flexibility index (Phi) is 3.12. The van der Waals surface area contributed by atoms with Crippen molar-refractivity contribution in [2.75, 3.05) is 0 Å². The quantitative estimate of drug-likeness (QED) is 0.882. The highest BCUT2D eigenvalue weighted by Crippen LogP contribution is 2.38. The van der Waals surface area contributed by atoms with E-state index in [0.717, 1.165) is 25.0 Å². The van der Waals surface area contributed by atoms with Crippen molar-refractivity contribution in [1.82, 2.24) is 0 Å². The van der Waals surface area contributed by atoms with Gasteiger partial charge in [0.15, 0.2) is 0 Å². The molecule has 1 aromatic carbocycles. The van der Waals surface area contributed by atoms with E-state index in [4.69, 9.17) is 17.3 Å². The predicted molar refractivity (Wildman–Crippen MR) is 60.9 cm³/mol. The maximum Gasteiger partial charge on any atom is 0.416 e. The third-order valence-corrected chi connectivity index (χ3v) is 3.53. The Balaban J connectivity index is 2.14. The molecule has 1 aliphatic rings. The average Bonchev–Trinajstić information content (AvgIpc) is 2.94. The molecular weight excluding hydrogens is 251 g/mol. The van der Waals surface area contributed by atoms with Crippen molar-refractivity contribution >= 4 is 11.6 Å². The monoisotopic (exact) mass is 263 g/mol. The van der Waals surface area contributed by atoms with Crippen LogP contribution in [0.25, 0.3) is 0 Å². The molecule has 2 rings (SSSR count). The minimum Gasteiger partial charge on any atom is -0.325 e. The van der Waals surface area contributed by atoms with Crippen LogP contribution in [0, 0.1) is 0 Å². The Morgan fingerprint density at radius 1 is 1.29 bits per heavy atom. The second kappa shape index (κ2) is 4.18. The smallest absolute Gasteiger partial charge is 0.325 e. The highest BCUT2D eigenvalue weighted by molar-refractivity contribution is 6.31. The number of halogens is 4. The molecule has 1 nitrogen and oxygen atoms in total. The van der Waals surface area contributed by atoms with Gasteiger partial charge in [-0.15, -0.1) is 0 Å². The van der Waals surface area contributed by atoms with E-state index in [0.29, 0.717) is 23.4 Å². The maximum atomic E-state index is 12.5. The first-order valence-corrected chi connectivity index (χ1v) is 5.82. The van der Waals surface area contributed by atoms with Crippen LogP contribution in [0.4, 0.5) is 13.2 Å². The standard InChI is InChI=1S/C12H13ClF3N/c13-10-2-1-9(12(14,15)16)7-8(10)3-4-11(17)5-6-11/h1-2,7H,3-6,17H2. The molecular formula is C12H13ClF3N. The van der Waals surface area contributed by atoms with Crippen LogP contribution >= 0.6 is 11.6 Å². The number of rotatable bonds is 3. The molecule has 5 heteroatoms. The number of aryl methyl sites for hydroxylation is 1. The van der Waals surface area contributed by atoms with Gasteiger partial charge in [0.2, 0.25) is 0 Å². The zero-order valence-electron chi connectivity index (χ0n) is 9.15. The summed E-state index contributed by atoms with van der Waals surface area (Å²) in [4.78, 5) is 0. The summed E-state index contributed by atoms with van der Waals surface area (Å²) in [6.07, 6.45) is -1.24. The maximum absolute atomic E-state index is 12.5. The minimum atomic E-state index is -4.32. The molecule has 0 amide bonds. The van der Waals surface area contributed by atoms with Crippen LogP contribution < -0.4 is 5.73 Å². The highest BCUT2D eigenvalue weighted by Gasteiger charge is 2.37. The van der Waals surface area contributed by atoms with Crippen molar-refractivity contribution in [2.24, 2.45) is 5.73 Å².